The van der Waals surface area contributed by atoms with E-state index in [1.54, 1.807) is 6.20 Å². The van der Waals surface area contributed by atoms with Crippen LogP contribution in [0.2, 0.25) is 5.02 Å². The highest BCUT2D eigenvalue weighted by atomic mass is 79.9. The quantitative estimate of drug-likeness (QED) is 0.839. The Morgan fingerprint density at radius 2 is 2.18 bits per heavy atom. The Bertz CT molecular complexity index is 531. The molecule has 0 aliphatic carbocycles. The van der Waals surface area contributed by atoms with Crippen LogP contribution in [0.25, 0.3) is 0 Å². The van der Waals surface area contributed by atoms with Crippen LogP contribution in [-0.2, 0) is 6.61 Å². The third-order valence-electron chi connectivity index (χ3n) is 2.26. The lowest BCUT2D eigenvalue weighted by molar-refractivity contribution is 0.291. The molecule has 4 heteroatoms. The Kier molecular flexibility index (Phi) is 4.02. The first-order valence-corrected chi connectivity index (χ1v) is 6.31. The summed E-state index contributed by atoms with van der Waals surface area (Å²) < 4.78 is 6.59. The third kappa shape index (κ3) is 3.45. The number of hydrogen-bond donors (Lipinski definition) is 0. The second kappa shape index (κ2) is 5.52. The summed E-state index contributed by atoms with van der Waals surface area (Å²) in [6.45, 7) is 2.43. The van der Waals surface area contributed by atoms with Crippen molar-refractivity contribution >= 4 is 27.5 Å². The number of nitrogens with zero attached hydrogens (tertiary/aromatic N) is 1. The monoisotopic (exact) mass is 311 g/mol. The lowest BCUT2D eigenvalue weighted by Gasteiger charge is -2.08. The van der Waals surface area contributed by atoms with Gasteiger partial charge in [0.1, 0.15) is 6.61 Å². The van der Waals surface area contributed by atoms with Gasteiger partial charge in [0.25, 0.3) is 0 Å². The van der Waals surface area contributed by atoms with Crippen molar-refractivity contribution in [2.75, 3.05) is 0 Å². The fourth-order valence-electron chi connectivity index (χ4n) is 1.46. The first-order chi connectivity index (χ1) is 8.15. The van der Waals surface area contributed by atoms with Gasteiger partial charge in [-0.2, -0.15) is 0 Å². The van der Waals surface area contributed by atoms with E-state index in [1.165, 1.54) is 0 Å². The number of hydrogen-bond acceptors (Lipinski definition) is 2. The maximum absolute atomic E-state index is 5.90. The average Bonchev–Trinajstić information content (AvgIpc) is 2.28. The first kappa shape index (κ1) is 12.4. The molecule has 0 aliphatic heterocycles. The van der Waals surface area contributed by atoms with Gasteiger partial charge in [0.05, 0.1) is 0 Å². The minimum Gasteiger partial charge on any atom is -0.473 e. The zero-order valence-electron chi connectivity index (χ0n) is 9.28. The van der Waals surface area contributed by atoms with Crippen molar-refractivity contribution in [1.29, 1.82) is 0 Å². The van der Waals surface area contributed by atoms with Gasteiger partial charge in [-0.05, 0) is 46.6 Å². The minimum absolute atomic E-state index is 0.468. The average molecular weight is 313 g/mol. The highest BCUT2D eigenvalue weighted by Gasteiger charge is 2.02. The van der Waals surface area contributed by atoms with Crippen molar-refractivity contribution in [3.63, 3.8) is 0 Å². The predicted molar refractivity (Wildman–Crippen MR) is 72.5 cm³/mol. The molecule has 1 heterocycles. The largest absolute Gasteiger partial charge is 0.473 e. The molecule has 0 saturated carbocycles. The molecule has 1 aromatic heterocycles. The normalized spacial score (nSPS) is 10.3. The highest BCUT2D eigenvalue weighted by molar-refractivity contribution is 9.10. The second-order valence-electron chi connectivity index (χ2n) is 3.69. The molecule has 0 fully saturated rings. The molecule has 0 saturated heterocycles. The Labute approximate surface area is 114 Å². The van der Waals surface area contributed by atoms with Gasteiger partial charge in [0, 0.05) is 21.3 Å². The van der Waals surface area contributed by atoms with E-state index in [2.05, 4.69) is 20.9 Å². The molecule has 88 valence electrons. The van der Waals surface area contributed by atoms with E-state index in [0.717, 1.165) is 15.6 Å². The van der Waals surface area contributed by atoms with Gasteiger partial charge >= 0.3 is 0 Å². The molecule has 2 rings (SSSR count). The molecule has 0 unspecified atom stereocenters. The number of pyridine rings is 1. The lowest BCUT2D eigenvalue weighted by Crippen LogP contribution is -1.98. The molecule has 0 bridgehead atoms. The standard InChI is InChI=1S/C13H11BrClNO/c1-9-5-11(14)7-16-13(9)17-8-10-3-2-4-12(15)6-10/h2-7H,8H2,1H3. The number of halogens is 2. The highest BCUT2D eigenvalue weighted by Crippen LogP contribution is 2.20. The summed E-state index contributed by atoms with van der Waals surface area (Å²) in [6, 6.07) is 9.58. The summed E-state index contributed by atoms with van der Waals surface area (Å²) in [5.74, 6) is 0.646. The third-order valence-corrected chi connectivity index (χ3v) is 2.93. The number of rotatable bonds is 3. The number of benzene rings is 1. The zero-order chi connectivity index (χ0) is 12.3. The Hall–Kier alpha value is -1.06. The van der Waals surface area contributed by atoms with Crippen LogP contribution in [0.4, 0.5) is 0 Å². The van der Waals surface area contributed by atoms with E-state index < -0.39 is 0 Å². The second-order valence-corrected chi connectivity index (χ2v) is 5.05. The van der Waals surface area contributed by atoms with Gasteiger partial charge in [-0.25, -0.2) is 4.98 Å². The molecule has 0 N–H and O–H groups in total. The topological polar surface area (TPSA) is 22.1 Å². The molecule has 0 radical (unpaired) electrons. The zero-order valence-corrected chi connectivity index (χ0v) is 11.6. The molecule has 0 spiro atoms. The number of ether oxygens (including phenoxy) is 1. The van der Waals surface area contributed by atoms with E-state index in [1.807, 2.05) is 37.3 Å². The van der Waals surface area contributed by atoms with Crippen LogP contribution in [0.1, 0.15) is 11.1 Å². The molecule has 0 aliphatic rings. The van der Waals surface area contributed by atoms with E-state index in [4.69, 9.17) is 16.3 Å². The van der Waals surface area contributed by atoms with Gasteiger partial charge < -0.3 is 4.74 Å². The van der Waals surface area contributed by atoms with Crippen LogP contribution in [-0.4, -0.2) is 4.98 Å². The summed E-state index contributed by atoms with van der Waals surface area (Å²) in [6.07, 6.45) is 1.72. The van der Waals surface area contributed by atoms with Crippen LogP contribution >= 0.6 is 27.5 Å². The van der Waals surface area contributed by atoms with Gasteiger partial charge in [-0.3, -0.25) is 0 Å². The van der Waals surface area contributed by atoms with Crippen molar-refractivity contribution in [3.8, 4) is 5.88 Å². The van der Waals surface area contributed by atoms with E-state index >= 15 is 0 Å². The number of aryl methyl sites for hydroxylation is 1. The molecule has 1 aromatic carbocycles. The van der Waals surface area contributed by atoms with Crippen LogP contribution in [0.5, 0.6) is 5.88 Å². The van der Waals surface area contributed by atoms with Crippen molar-refractivity contribution in [2.45, 2.75) is 13.5 Å². The van der Waals surface area contributed by atoms with Crippen molar-refractivity contribution in [2.24, 2.45) is 0 Å². The van der Waals surface area contributed by atoms with Gasteiger partial charge in [0.2, 0.25) is 5.88 Å². The predicted octanol–water partition coefficient (Wildman–Crippen LogP) is 4.38. The fraction of sp³-hybridized carbons (Fsp3) is 0.154. The minimum atomic E-state index is 0.468. The van der Waals surface area contributed by atoms with Gasteiger partial charge in [0.15, 0.2) is 0 Å². The maximum atomic E-state index is 5.90. The van der Waals surface area contributed by atoms with E-state index in [0.29, 0.717) is 17.5 Å². The summed E-state index contributed by atoms with van der Waals surface area (Å²) in [4.78, 5) is 4.21. The van der Waals surface area contributed by atoms with Gasteiger partial charge in [-0.15, -0.1) is 0 Å². The fourth-order valence-corrected chi connectivity index (χ4v) is 2.12. The van der Waals surface area contributed by atoms with Crippen molar-refractivity contribution in [1.82, 2.24) is 4.98 Å². The first-order valence-electron chi connectivity index (χ1n) is 5.14. The summed E-state index contributed by atoms with van der Waals surface area (Å²) in [5.41, 5.74) is 2.03. The molecular weight excluding hydrogens is 302 g/mol. The molecule has 0 amide bonds. The summed E-state index contributed by atoms with van der Waals surface area (Å²) in [7, 11) is 0. The Morgan fingerprint density at radius 3 is 2.88 bits per heavy atom. The molecule has 17 heavy (non-hydrogen) atoms. The summed E-state index contributed by atoms with van der Waals surface area (Å²) in [5, 5.41) is 0.714. The van der Waals surface area contributed by atoms with Crippen molar-refractivity contribution in [3.05, 3.63) is 57.2 Å². The molecular formula is C13H11BrClNO. The van der Waals surface area contributed by atoms with E-state index in [9.17, 15) is 0 Å². The van der Waals surface area contributed by atoms with Crippen LogP contribution < -0.4 is 4.74 Å². The molecule has 0 atom stereocenters. The smallest absolute Gasteiger partial charge is 0.216 e. The Balaban J connectivity index is 2.07. The van der Waals surface area contributed by atoms with E-state index in [-0.39, 0.29) is 0 Å². The van der Waals surface area contributed by atoms with Crippen LogP contribution in [0.3, 0.4) is 0 Å². The van der Waals surface area contributed by atoms with Gasteiger partial charge in [-0.1, -0.05) is 23.7 Å². The SMILES string of the molecule is Cc1cc(Br)cnc1OCc1cccc(Cl)c1. The van der Waals surface area contributed by atoms with Crippen LogP contribution in [0, 0.1) is 6.92 Å². The molecule has 2 nitrogen and oxygen atoms in total. The maximum Gasteiger partial charge on any atom is 0.216 e. The lowest BCUT2D eigenvalue weighted by atomic mass is 10.2. The number of aromatic nitrogens is 1. The summed E-state index contributed by atoms with van der Waals surface area (Å²) >= 11 is 9.27. The van der Waals surface area contributed by atoms with Crippen molar-refractivity contribution < 1.29 is 4.74 Å². The van der Waals surface area contributed by atoms with Crippen LogP contribution in [0.15, 0.2) is 41.0 Å². The Morgan fingerprint density at radius 1 is 1.35 bits per heavy atom. The molecule has 2 aromatic rings.